The second kappa shape index (κ2) is 11.7. The molecule has 5 nitrogen and oxygen atoms in total. The number of hydrogen-bond acceptors (Lipinski definition) is 3. The van der Waals surface area contributed by atoms with Crippen LogP contribution in [-0.4, -0.2) is 39.9 Å². The van der Waals surface area contributed by atoms with Gasteiger partial charge in [0.15, 0.2) is 5.96 Å². The van der Waals surface area contributed by atoms with Crippen LogP contribution < -0.4 is 15.4 Å². The summed E-state index contributed by atoms with van der Waals surface area (Å²) in [7, 11) is 3.28. The number of alkyl halides is 3. The number of halogens is 4. The molecule has 1 aliphatic heterocycles. The summed E-state index contributed by atoms with van der Waals surface area (Å²) in [6.45, 7) is 2.21. The Morgan fingerprint density at radius 2 is 1.78 bits per heavy atom. The normalized spacial score (nSPS) is 16.1. The Balaban J connectivity index is 0.00000363. The number of guanidine groups is 1. The van der Waals surface area contributed by atoms with Crippen LogP contribution in [0.3, 0.4) is 0 Å². The average molecular weight is 563 g/mol. The van der Waals surface area contributed by atoms with E-state index in [-0.39, 0.29) is 35.9 Å². The zero-order chi connectivity index (χ0) is 22.3. The van der Waals surface area contributed by atoms with Gasteiger partial charge in [-0.05, 0) is 48.2 Å². The average Bonchev–Trinajstić information content (AvgIpc) is 2.79. The molecule has 0 aromatic heterocycles. The third kappa shape index (κ3) is 6.74. The molecule has 0 spiro atoms. The lowest BCUT2D eigenvalue weighted by atomic mass is 9.74. The van der Waals surface area contributed by atoms with Crippen molar-refractivity contribution in [1.29, 1.82) is 0 Å². The van der Waals surface area contributed by atoms with Crippen LogP contribution in [0.1, 0.15) is 29.5 Å². The zero-order valence-corrected chi connectivity index (χ0v) is 20.5. The molecule has 1 heterocycles. The highest BCUT2D eigenvalue weighted by Gasteiger charge is 2.35. The van der Waals surface area contributed by atoms with E-state index in [0.717, 1.165) is 30.7 Å². The Hall–Kier alpha value is -2.01. The van der Waals surface area contributed by atoms with Gasteiger partial charge in [-0.2, -0.15) is 13.2 Å². The van der Waals surface area contributed by atoms with Crippen molar-refractivity contribution in [3.63, 3.8) is 0 Å². The van der Waals surface area contributed by atoms with Gasteiger partial charge < -0.3 is 20.1 Å². The van der Waals surface area contributed by atoms with Crippen LogP contribution in [0.2, 0.25) is 0 Å². The molecule has 0 unspecified atom stereocenters. The van der Waals surface area contributed by atoms with E-state index in [4.69, 9.17) is 9.47 Å². The SMILES string of the molecule is CN=C(NCc1cccc(C(F)(F)F)c1)NCC1(c2ccc(OC)cc2)CCOCC1.I. The maximum atomic E-state index is 12.9. The molecule has 1 aliphatic rings. The topological polar surface area (TPSA) is 54.9 Å². The lowest BCUT2D eigenvalue weighted by molar-refractivity contribution is -0.137. The van der Waals surface area contributed by atoms with Gasteiger partial charge in [0.25, 0.3) is 0 Å². The first-order chi connectivity index (χ1) is 14.9. The third-order valence-electron chi connectivity index (χ3n) is 5.68. The molecule has 32 heavy (non-hydrogen) atoms. The van der Waals surface area contributed by atoms with Crippen molar-refractivity contribution in [3.05, 3.63) is 65.2 Å². The Labute approximate surface area is 203 Å². The highest BCUT2D eigenvalue weighted by Crippen LogP contribution is 2.35. The fraction of sp³-hybridized carbons (Fsp3) is 0.435. The second-order valence-corrected chi connectivity index (χ2v) is 7.60. The van der Waals surface area contributed by atoms with Crippen LogP contribution >= 0.6 is 24.0 Å². The Kier molecular flexibility index (Phi) is 9.63. The maximum Gasteiger partial charge on any atom is 0.416 e. The molecule has 1 saturated heterocycles. The number of methoxy groups -OCH3 is 1. The smallest absolute Gasteiger partial charge is 0.416 e. The van der Waals surface area contributed by atoms with E-state index in [2.05, 4.69) is 27.8 Å². The van der Waals surface area contributed by atoms with Gasteiger partial charge in [0, 0.05) is 38.8 Å². The summed E-state index contributed by atoms with van der Waals surface area (Å²) in [6, 6.07) is 13.3. The van der Waals surface area contributed by atoms with Crippen molar-refractivity contribution in [2.75, 3.05) is 33.9 Å². The number of ether oxygens (including phenoxy) is 2. The van der Waals surface area contributed by atoms with Crippen molar-refractivity contribution in [2.24, 2.45) is 4.99 Å². The molecule has 2 aromatic rings. The van der Waals surface area contributed by atoms with Crippen molar-refractivity contribution in [1.82, 2.24) is 10.6 Å². The summed E-state index contributed by atoms with van der Waals surface area (Å²) in [4.78, 5) is 4.23. The lowest BCUT2D eigenvalue weighted by Crippen LogP contribution is -2.47. The molecular formula is C23H29F3IN3O2. The standard InChI is InChI=1S/C23H28F3N3O2.HI/c1-27-21(28-15-17-4-3-5-19(14-17)23(24,25)26)29-16-22(10-12-31-13-11-22)18-6-8-20(30-2)9-7-18;/h3-9,14H,10-13,15-16H2,1-2H3,(H2,27,28,29);1H. The minimum atomic E-state index is -4.36. The summed E-state index contributed by atoms with van der Waals surface area (Å²) in [5, 5.41) is 6.46. The first-order valence-corrected chi connectivity index (χ1v) is 10.2. The monoisotopic (exact) mass is 563 g/mol. The lowest BCUT2D eigenvalue weighted by Gasteiger charge is -2.38. The van der Waals surface area contributed by atoms with E-state index < -0.39 is 11.7 Å². The van der Waals surface area contributed by atoms with Gasteiger partial charge in [0.1, 0.15) is 5.75 Å². The zero-order valence-electron chi connectivity index (χ0n) is 18.2. The number of rotatable bonds is 6. The predicted octanol–water partition coefficient (Wildman–Crippen LogP) is 4.75. The van der Waals surface area contributed by atoms with Gasteiger partial charge in [0.05, 0.1) is 12.7 Å². The van der Waals surface area contributed by atoms with E-state index >= 15 is 0 Å². The van der Waals surface area contributed by atoms with Crippen LogP contribution in [0.25, 0.3) is 0 Å². The summed E-state index contributed by atoms with van der Waals surface area (Å²) in [5.74, 6) is 1.34. The van der Waals surface area contributed by atoms with Crippen molar-refractivity contribution in [2.45, 2.75) is 31.0 Å². The molecular weight excluding hydrogens is 534 g/mol. The van der Waals surface area contributed by atoms with Crippen LogP contribution in [0.5, 0.6) is 5.75 Å². The van der Waals surface area contributed by atoms with Crippen molar-refractivity contribution >= 4 is 29.9 Å². The van der Waals surface area contributed by atoms with Crippen LogP contribution in [0, 0.1) is 0 Å². The fourth-order valence-electron chi connectivity index (χ4n) is 3.79. The van der Waals surface area contributed by atoms with Crippen LogP contribution in [-0.2, 0) is 22.9 Å². The summed E-state index contributed by atoms with van der Waals surface area (Å²) < 4.78 is 49.7. The molecule has 0 atom stereocenters. The molecule has 9 heteroatoms. The first kappa shape index (κ1) is 26.2. The highest BCUT2D eigenvalue weighted by atomic mass is 127. The van der Waals surface area contributed by atoms with Gasteiger partial charge in [-0.25, -0.2) is 0 Å². The largest absolute Gasteiger partial charge is 0.497 e. The van der Waals surface area contributed by atoms with Gasteiger partial charge in [-0.1, -0.05) is 24.3 Å². The molecule has 0 bridgehead atoms. The molecule has 1 fully saturated rings. The Bertz CT molecular complexity index is 883. The third-order valence-corrected chi connectivity index (χ3v) is 5.68. The molecule has 0 saturated carbocycles. The molecule has 2 aromatic carbocycles. The van der Waals surface area contributed by atoms with Crippen molar-refractivity contribution in [3.8, 4) is 5.75 Å². The predicted molar refractivity (Wildman–Crippen MR) is 130 cm³/mol. The quantitative estimate of drug-likeness (QED) is 0.303. The molecule has 0 aliphatic carbocycles. The Morgan fingerprint density at radius 3 is 2.38 bits per heavy atom. The van der Waals surface area contributed by atoms with Gasteiger partial charge in [-0.3, -0.25) is 4.99 Å². The van der Waals surface area contributed by atoms with E-state index in [0.29, 0.717) is 31.3 Å². The number of nitrogens with one attached hydrogen (secondary N) is 2. The fourth-order valence-corrected chi connectivity index (χ4v) is 3.79. The van der Waals surface area contributed by atoms with Crippen molar-refractivity contribution < 1.29 is 22.6 Å². The Morgan fingerprint density at radius 1 is 1.09 bits per heavy atom. The summed E-state index contributed by atoms with van der Waals surface area (Å²) in [5.41, 5.74) is 0.944. The molecule has 2 N–H and O–H groups in total. The van der Waals surface area contributed by atoms with E-state index in [1.807, 2.05) is 12.1 Å². The van der Waals surface area contributed by atoms with Gasteiger partial charge >= 0.3 is 6.18 Å². The number of nitrogens with zero attached hydrogens (tertiary/aromatic N) is 1. The molecule has 176 valence electrons. The number of aliphatic imine (C=N–C) groups is 1. The maximum absolute atomic E-state index is 12.9. The minimum Gasteiger partial charge on any atom is -0.497 e. The summed E-state index contributed by atoms with van der Waals surface area (Å²) in [6.07, 6.45) is -2.64. The van der Waals surface area contributed by atoms with E-state index in [1.165, 1.54) is 11.6 Å². The molecule has 0 radical (unpaired) electrons. The first-order valence-electron chi connectivity index (χ1n) is 10.2. The van der Waals surface area contributed by atoms with E-state index in [1.54, 1.807) is 20.2 Å². The van der Waals surface area contributed by atoms with Crippen LogP contribution in [0.4, 0.5) is 13.2 Å². The number of benzene rings is 2. The van der Waals surface area contributed by atoms with Crippen LogP contribution in [0.15, 0.2) is 53.5 Å². The molecule has 3 rings (SSSR count). The highest BCUT2D eigenvalue weighted by molar-refractivity contribution is 14.0. The van der Waals surface area contributed by atoms with Gasteiger partial charge in [-0.15, -0.1) is 24.0 Å². The van der Waals surface area contributed by atoms with Gasteiger partial charge in [0.2, 0.25) is 0 Å². The van der Waals surface area contributed by atoms with E-state index in [9.17, 15) is 13.2 Å². The second-order valence-electron chi connectivity index (χ2n) is 7.60. The number of hydrogen-bond donors (Lipinski definition) is 2. The minimum absolute atomic E-state index is 0. The molecule has 0 amide bonds. The summed E-state index contributed by atoms with van der Waals surface area (Å²) >= 11 is 0.